The van der Waals surface area contributed by atoms with E-state index < -0.39 is 0 Å². The highest BCUT2D eigenvalue weighted by Gasteiger charge is 2.58. The first-order valence-corrected chi connectivity index (χ1v) is 9.08. The van der Waals surface area contributed by atoms with E-state index in [9.17, 15) is 9.90 Å². The summed E-state index contributed by atoms with van der Waals surface area (Å²) in [6.07, 6.45) is 11.3. The third-order valence-electron chi connectivity index (χ3n) is 7.60. The zero-order valence-corrected chi connectivity index (χ0v) is 13.6. The van der Waals surface area contributed by atoms with E-state index in [0.29, 0.717) is 35.4 Å². The van der Waals surface area contributed by atoms with Gasteiger partial charge in [-0.05, 0) is 79.6 Å². The third-order valence-corrected chi connectivity index (χ3v) is 7.60. The molecule has 0 heterocycles. The maximum absolute atomic E-state index is 11.8. The van der Waals surface area contributed by atoms with Crippen molar-refractivity contribution >= 4 is 5.78 Å². The fraction of sp³-hybridized carbons (Fsp3) is 0.750. The standard InChI is InChI=1S/C20H28O2/c1-3-12-11-20(2)17(8-9-18(20)22)16-6-4-13-10-14(21)5-7-15(13)19(12)16/h3,10,12,15-19,22H,1,4-9,11H2,2H3. The molecule has 2 heteroatoms. The molecule has 7 atom stereocenters. The van der Waals surface area contributed by atoms with Gasteiger partial charge in [0.2, 0.25) is 0 Å². The molecule has 0 aromatic rings. The van der Waals surface area contributed by atoms with E-state index in [1.54, 1.807) is 0 Å². The largest absolute Gasteiger partial charge is 0.393 e. The Morgan fingerprint density at radius 1 is 1.27 bits per heavy atom. The first-order valence-electron chi connectivity index (χ1n) is 9.08. The summed E-state index contributed by atoms with van der Waals surface area (Å²) in [6, 6.07) is 0. The van der Waals surface area contributed by atoms with Gasteiger partial charge in [-0.25, -0.2) is 0 Å². The highest BCUT2D eigenvalue weighted by molar-refractivity contribution is 5.91. The molecule has 0 amide bonds. The molecule has 2 nitrogen and oxygen atoms in total. The first kappa shape index (κ1) is 14.7. The molecule has 1 N–H and O–H groups in total. The lowest BCUT2D eigenvalue weighted by Crippen LogP contribution is -2.51. The van der Waals surface area contributed by atoms with Gasteiger partial charge in [0.25, 0.3) is 0 Å². The molecule has 0 spiro atoms. The highest BCUT2D eigenvalue weighted by atomic mass is 16.3. The SMILES string of the molecule is C=CC1CC2(C)C(O)CCC2C2CCC3=CC(=O)CCC3C12. The minimum atomic E-state index is -0.134. The Labute approximate surface area is 133 Å². The summed E-state index contributed by atoms with van der Waals surface area (Å²) in [6.45, 7) is 6.45. The third kappa shape index (κ3) is 1.92. The smallest absolute Gasteiger partial charge is 0.155 e. The number of fused-ring (bicyclic) bond motifs is 5. The van der Waals surface area contributed by atoms with Crippen LogP contribution in [0.4, 0.5) is 0 Å². The number of hydrogen-bond acceptors (Lipinski definition) is 2. The van der Waals surface area contributed by atoms with Gasteiger partial charge in [-0.15, -0.1) is 6.58 Å². The summed E-state index contributed by atoms with van der Waals surface area (Å²) in [4.78, 5) is 11.8. The number of aliphatic hydroxyl groups excluding tert-OH is 1. The molecule has 22 heavy (non-hydrogen) atoms. The molecule has 0 aromatic heterocycles. The number of ketones is 1. The van der Waals surface area contributed by atoms with Gasteiger partial charge < -0.3 is 5.11 Å². The molecule has 3 fully saturated rings. The zero-order chi connectivity index (χ0) is 15.5. The van der Waals surface area contributed by atoms with Crippen LogP contribution in [0, 0.1) is 35.0 Å². The van der Waals surface area contributed by atoms with Crippen molar-refractivity contribution in [2.24, 2.45) is 35.0 Å². The fourth-order valence-corrected chi connectivity index (χ4v) is 6.59. The van der Waals surface area contributed by atoms with Crippen molar-refractivity contribution in [2.45, 2.75) is 58.0 Å². The molecule has 0 radical (unpaired) electrons. The normalized spacial score (nSPS) is 50.6. The Morgan fingerprint density at radius 2 is 2.09 bits per heavy atom. The number of allylic oxidation sites excluding steroid dienone is 2. The molecule has 0 saturated heterocycles. The molecular formula is C20H28O2. The second-order valence-electron chi connectivity index (χ2n) is 8.42. The minimum absolute atomic E-state index is 0.0890. The second kappa shape index (κ2) is 5.06. The average Bonchev–Trinajstić information content (AvgIpc) is 2.81. The molecule has 0 aliphatic heterocycles. The number of aliphatic hydroxyl groups is 1. The Balaban J connectivity index is 1.71. The van der Waals surface area contributed by atoms with Crippen LogP contribution in [0.1, 0.15) is 51.9 Å². The van der Waals surface area contributed by atoms with Gasteiger partial charge in [-0.1, -0.05) is 18.6 Å². The summed E-state index contributed by atoms with van der Waals surface area (Å²) < 4.78 is 0. The van der Waals surface area contributed by atoms with E-state index in [0.717, 1.165) is 32.1 Å². The van der Waals surface area contributed by atoms with Crippen LogP contribution in [-0.2, 0) is 4.79 Å². The Kier molecular flexibility index (Phi) is 3.38. The summed E-state index contributed by atoms with van der Waals surface area (Å²) in [5.74, 6) is 3.48. The van der Waals surface area contributed by atoms with Crippen LogP contribution in [0.3, 0.4) is 0 Å². The van der Waals surface area contributed by atoms with Gasteiger partial charge in [0.15, 0.2) is 5.78 Å². The Bertz CT molecular complexity index is 534. The molecule has 0 aromatic carbocycles. The Hall–Kier alpha value is -0.890. The van der Waals surface area contributed by atoms with Gasteiger partial charge >= 0.3 is 0 Å². The van der Waals surface area contributed by atoms with Crippen molar-refractivity contribution in [1.29, 1.82) is 0 Å². The number of carbonyl (C=O) groups is 1. The zero-order valence-electron chi connectivity index (χ0n) is 13.6. The summed E-state index contributed by atoms with van der Waals surface area (Å²) in [5, 5.41) is 10.6. The quantitative estimate of drug-likeness (QED) is 0.746. The van der Waals surface area contributed by atoms with Gasteiger partial charge in [0.1, 0.15) is 0 Å². The van der Waals surface area contributed by atoms with Crippen molar-refractivity contribution in [3.05, 3.63) is 24.3 Å². The van der Waals surface area contributed by atoms with E-state index in [1.807, 2.05) is 6.08 Å². The molecule has 4 aliphatic rings. The van der Waals surface area contributed by atoms with Crippen molar-refractivity contribution < 1.29 is 9.90 Å². The Morgan fingerprint density at radius 3 is 2.86 bits per heavy atom. The van der Waals surface area contributed by atoms with Crippen molar-refractivity contribution in [1.82, 2.24) is 0 Å². The molecular weight excluding hydrogens is 272 g/mol. The number of hydrogen-bond donors (Lipinski definition) is 1. The molecule has 7 unspecified atom stereocenters. The minimum Gasteiger partial charge on any atom is -0.393 e. The molecule has 4 aliphatic carbocycles. The predicted molar refractivity (Wildman–Crippen MR) is 87.2 cm³/mol. The van der Waals surface area contributed by atoms with Crippen LogP contribution >= 0.6 is 0 Å². The lowest BCUT2D eigenvalue weighted by atomic mass is 9.49. The maximum Gasteiger partial charge on any atom is 0.155 e. The number of carbonyl (C=O) groups excluding carboxylic acids is 1. The molecule has 3 saturated carbocycles. The second-order valence-corrected chi connectivity index (χ2v) is 8.42. The van der Waals surface area contributed by atoms with Crippen LogP contribution < -0.4 is 0 Å². The summed E-state index contributed by atoms with van der Waals surface area (Å²) in [5.41, 5.74) is 1.51. The van der Waals surface area contributed by atoms with E-state index in [1.165, 1.54) is 18.4 Å². The summed E-state index contributed by atoms with van der Waals surface area (Å²) >= 11 is 0. The summed E-state index contributed by atoms with van der Waals surface area (Å²) in [7, 11) is 0. The molecule has 120 valence electrons. The average molecular weight is 300 g/mol. The van der Waals surface area contributed by atoms with Crippen LogP contribution in [0.25, 0.3) is 0 Å². The lowest BCUT2D eigenvalue weighted by Gasteiger charge is -2.56. The van der Waals surface area contributed by atoms with Crippen LogP contribution in [0.5, 0.6) is 0 Å². The van der Waals surface area contributed by atoms with Crippen molar-refractivity contribution in [3.8, 4) is 0 Å². The van der Waals surface area contributed by atoms with Crippen molar-refractivity contribution in [2.75, 3.05) is 0 Å². The van der Waals surface area contributed by atoms with Crippen molar-refractivity contribution in [3.63, 3.8) is 0 Å². The van der Waals surface area contributed by atoms with Gasteiger partial charge in [-0.2, -0.15) is 0 Å². The van der Waals surface area contributed by atoms with Gasteiger partial charge in [0, 0.05) is 6.42 Å². The van der Waals surface area contributed by atoms with Crippen LogP contribution in [0.2, 0.25) is 0 Å². The van der Waals surface area contributed by atoms with Gasteiger partial charge in [0.05, 0.1) is 6.10 Å². The van der Waals surface area contributed by atoms with Gasteiger partial charge in [-0.3, -0.25) is 4.79 Å². The van der Waals surface area contributed by atoms with E-state index in [2.05, 4.69) is 19.6 Å². The van der Waals surface area contributed by atoms with E-state index in [4.69, 9.17) is 0 Å². The fourth-order valence-electron chi connectivity index (χ4n) is 6.59. The molecule has 4 rings (SSSR count). The maximum atomic E-state index is 11.8. The lowest BCUT2D eigenvalue weighted by molar-refractivity contribution is -0.116. The van der Waals surface area contributed by atoms with Crippen LogP contribution in [0.15, 0.2) is 24.3 Å². The highest BCUT2D eigenvalue weighted by Crippen LogP contribution is 2.63. The first-order chi connectivity index (χ1) is 10.5. The monoisotopic (exact) mass is 300 g/mol. The van der Waals surface area contributed by atoms with Crippen LogP contribution in [-0.4, -0.2) is 17.0 Å². The van der Waals surface area contributed by atoms with E-state index >= 15 is 0 Å². The topological polar surface area (TPSA) is 37.3 Å². The molecule has 0 bridgehead atoms. The number of rotatable bonds is 1. The predicted octanol–water partition coefficient (Wildman–Crippen LogP) is 3.90. The van der Waals surface area contributed by atoms with E-state index in [-0.39, 0.29) is 11.5 Å².